The minimum atomic E-state index is -0.513. The van der Waals surface area contributed by atoms with Crippen molar-refractivity contribution in [2.24, 2.45) is 5.73 Å². The summed E-state index contributed by atoms with van der Waals surface area (Å²) in [6.45, 7) is 5.01. The molecule has 0 unspecified atom stereocenters. The summed E-state index contributed by atoms with van der Waals surface area (Å²) >= 11 is 0. The molecule has 0 bridgehead atoms. The van der Waals surface area contributed by atoms with Gasteiger partial charge in [0.25, 0.3) is 0 Å². The predicted octanol–water partition coefficient (Wildman–Crippen LogP) is -1.11. The maximum Gasteiger partial charge on any atom is 0.321 e. The normalized spacial score (nSPS) is 9.80. The second kappa shape index (κ2) is 7.95. The van der Waals surface area contributed by atoms with Crippen LogP contribution in [0.3, 0.4) is 0 Å². The van der Waals surface area contributed by atoms with Crippen molar-refractivity contribution in [3.63, 3.8) is 0 Å². The second-order valence-corrected chi connectivity index (χ2v) is 3.07. The molecule has 0 saturated carbocycles. The van der Waals surface area contributed by atoms with Crippen molar-refractivity contribution in [1.29, 1.82) is 0 Å². The van der Waals surface area contributed by atoms with Crippen LogP contribution in [-0.2, 0) is 4.79 Å². The number of likely N-dealkylation sites (N-methyl/N-ethyl adjacent to an activating group) is 1. The number of nitrogens with two attached hydrogens (primary N) is 1. The molecule has 3 amide bonds. The fourth-order valence-electron chi connectivity index (χ4n) is 0.920. The van der Waals surface area contributed by atoms with Gasteiger partial charge in [-0.05, 0) is 7.05 Å². The van der Waals surface area contributed by atoms with Crippen LogP contribution in [0.2, 0.25) is 0 Å². The van der Waals surface area contributed by atoms with E-state index in [0.29, 0.717) is 19.6 Å². The fraction of sp³-hybridized carbons (Fsp3) is 0.556. The number of hydrogen-bond acceptors (Lipinski definition) is 4. The first-order chi connectivity index (χ1) is 7.10. The van der Waals surface area contributed by atoms with E-state index in [1.165, 1.54) is 6.08 Å². The van der Waals surface area contributed by atoms with Gasteiger partial charge < -0.3 is 11.1 Å². The summed E-state index contributed by atoms with van der Waals surface area (Å²) in [7, 11) is 1.76. The van der Waals surface area contributed by atoms with Gasteiger partial charge in [-0.25, -0.2) is 4.79 Å². The highest BCUT2D eigenvalue weighted by Gasteiger charge is 2.08. The predicted molar refractivity (Wildman–Crippen MR) is 58.3 cm³/mol. The lowest BCUT2D eigenvalue weighted by molar-refractivity contribution is -0.120. The van der Waals surface area contributed by atoms with Gasteiger partial charge in [-0.1, -0.05) is 6.08 Å². The van der Waals surface area contributed by atoms with Gasteiger partial charge in [0.15, 0.2) is 0 Å². The zero-order valence-electron chi connectivity index (χ0n) is 8.95. The molecule has 0 atom stereocenters. The summed E-state index contributed by atoms with van der Waals surface area (Å²) < 4.78 is 0. The highest BCUT2D eigenvalue weighted by Crippen LogP contribution is 1.79. The van der Waals surface area contributed by atoms with Crippen molar-refractivity contribution in [3.05, 3.63) is 12.7 Å². The molecule has 0 aliphatic heterocycles. The Morgan fingerprint density at radius 2 is 2.20 bits per heavy atom. The first-order valence-electron chi connectivity index (χ1n) is 4.67. The molecule has 0 heterocycles. The van der Waals surface area contributed by atoms with E-state index >= 15 is 0 Å². The lowest BCUT2D eigenvalue weighted by atomic mass is 10.5. The monoisotopic (exact) mass is 214 g/mol. The van der Waals surface area contributed by atoms with Crippen LogP contribution in [0, 0.1) is 0 Å². The summed E-state index contributed by atoms with van der Waals surface area (Å²) in [6, 6.07) is -0.513. The molecule has 0 fully saturated rings. The Morgan fingerprint density at radius 3 is 2.73 bits per heavy atom. The number of amides is 3. The van der Waals surface area contributed by atoms with Crippen molar-refractivity contribution in [1.82, 2.24) is 15.5 Å². The van der Waals surface area contributed by atoms with Gasteiger partial charge in [0.2, 0.25) is 5.91 Å². The molecule has 0 aromatic carbocycles. The van der Waals surface area contributed by atoms with E-state index in [2.05, 4.69) is 17.2 Å². The number of nitrogens with zero attached hydrogens (tertiary/aromatic N) is 1. The van der Waals surface area contributed by atoms with Crippen molar-refractivity contribution in [2.45, 2.75) is 0 Å². The number of carbonyl (C=O) groups excluding carboxylic acids is 2. The number of hydrogen-bond donors (Lipinski definition) is 3. The van der Waals surface area contributed by atoms with E-state index < -0.39 is 6.03 Å². The molecule has 86 valence electrons. The Balaban J connectivity index is 3.72. The number of urea groups is 1. The SMILES string of the molecule is C=CCNC(=O)NC(=O)CN(C)CCN. The average Bonchev–Trinajstić information content (AvgIpc) is 2.14. The number of carbonyl (C=O) groups is 2. The highest BCUT2D eigenvalue weighted by molar-refractivity contribution is 5.95. The van der Waals surface area contributed by atoms with Crippen LogP contribution in [0.4, 0.5) is 4.79 Å². The summed E-state index contributed by atoms with van der Waals surface area (Å²) in [4.78, 5) is 24.0. The molecule has 0 spiro atoms. The fourth-order valence-corrected chi connectivity index (χ4v) is 0.920. The molecule has 4 N–H and O–H groups in total. The first-order valence-corrected chi connectivity index (χ1v) is 4.67. The van der Waals surface area contributed by atoms with E-state index in [9.17, 15) is 9.59 Å². The van der Waals surface area contributed by atoms with E-state index in [-0.39, 0.29) is 12.5 Å². The molecular weight excluding hydrogens is 196 g/mol. The minimum Gasteiger partial charge on any atom is -0.334 e. The largest absolute Gasteiger partial charge is 0.334 e. The van der Waals surface area contributed by atoms with E-state index in [4.69, 9.17) is 5.73 Å². The van der Waals surface area contributed by atoms with Gasteiger partial charge in [-0.2, -0.15) is 0 Å². The van der Waals surface area contributed by atoms with Gasteiger partial charge in [0.1, 0.15) is 0 Å². The summed E-state index contributed by atoms with van der Waals surface area (Å²) in [5, 5.41) is 4.62. The molecule has 0 aromatic rings. The quantitative estimate of drug-likeness (QED) is 0.489. The van der Waals surface area contributed by atoms with Crippen molar-refractivity contribution >= 4 is 11.9 Å². The van der Waals surface area contributed by atoms with E-state index in [0.717, 1.165) is 0 Å². The van der Waals surface area contributed by atoms with Crippen LogP contribution in [-0.4, -0.2) is 50.1 Å². The Bertz CT molecular complexity index is 230. The zero-order valence-corrected chi connectivity index (χ0v) is 8.95. The van der Waals surface area contributed by atoms with Crippen molar-refractivity contribution in [2.75, 3.05) is 33.2 Å². The summed E-state index contributed by atoms with van der Waals surface area (Å²) in [5.74, 6) is -0.354. The number of imide groups is 1. The first kappa shape index (κ1) is 13.6. The lowest BCUT2D eigenvalue weighted by Crippen LogP contribution is -2.44. The molecular formula is C9H18N4O2. The highest BCUT2D eigenvalue weighted by atomic mass is 16.2. The van der Waals surface area contributed by atoms with Crippen LogP contribution in [0.25, 0.3) is 0 Å². The smallest absolute Gasteiger partial charge is 0.321 e. The van der Waals surface area contributed by atoms with E-state index in [1.807, 2.05) is 0 Å². The zero-order chi connectivity index (χ0) is 11.7. The second-order valence-electron chi connectivity index (χ2n) is 3.07. The Labute approximate surface area is 89.5 Å². The van der Waals surface area contributed by atoms with Crippen LogP contribution in [0.5, 0.6) is 0 Å². The Kier molecular flexibility index (Phi) is 7.21. The topological polar surface area (TPSA) is 87.5 Å². The number of nitrogens with one attached hydrogen (secondary N) is 2. The molecule has 0 rings (SSSR count). The third kappa shape index (κ3) is 7.65. The van der Waals surface area contributed by atoms with Crippen molar-refractivity contribution in [3.8, 4) is 0 Å². The van der Waals surface area contributed by atoms with Crippen molar-refractivity contribution < 1.29 is 9.59 Å². The Morgan fingerprint density at radius 1 is 1.53 bits per heavy atom. The molecule has 0 aromatic heterocycles. The molecule has 0 radical (unpaired) electrons. The van der Waals surface area contributed by atoms with Gasteiger partial charge in [-0.3, -0.25) is 15.0 Å². The van der Waals surface area contributed by atoms with Gasteiger partial charge in [0, 0.05) is 19.6 Å². The summed E-state index contributed by atoms with van der Waals surface area (Å²) in [6.07, 6.45) is 1.53. The van der Waals surface area contributed by atoms with Gasteiger partial charge in [-0.15, -0.1) is 6.58 Å². The standard InChI is InChI=1S/C9H18N4O2/c1-3-5-11-9(15)12-8(14)7-13(2)6-4-10/h3H,1,4-7,10H2,2H3,(H2,11,12,14,15). The molecule has 6 heteroatoms. The average molecular weight is 214 g/mol. The van der Waals surface area contributed by atoms with Gasteiger partial charge in [0.05, 0.1) is 6.54 Å². The summed E-state index contributed by atoms with van der Waals surface area (Å²) in [5.41, 5.74) is 5.31. The third-order valence-corrected chi connectivity index (χ3v) is 1.58. The molecule has 15 heavy (non-hydrogen) atoms. The maximum atomic E-state index is 11.2. The van der Waals surface area contributed by atoms with Crippen LogP contribution < -0.4 is 16.4 Å². The lowest BCUT2D eigenvalue weighted by Gasteiger charge is -2.14. The minimum absolute atomic E-state index is 0.151. The van der Waals surface area contributed by atoms with Gasteiger partial charge >= 0.3 is 6.03 Å². The number of rotatable bonds is 6. The molecule has 0 saturated heterocycles. The Hall–Kier alpha value is -1.40. The molecule has 0 aliphatic rings. The van der Waals surface area contributed by atoms with E-state index in [1.54, 1.807) is 11.9 Å². The van der Waals surface area contributed by atoms with Crippen LogP contribution in [0.1, 0.15) is 0 Å². The van der Waals surface area contributed by atoms with Crippen LogP contribution in [0.15, 0.2) is 12.7 Å². The molecule has 6 nitrogen and oxygen atoms in total. The molecule has 0 aliphatic carbocycles. The maximum absolute atomic E-state index is 11.2. The van der Waals surface area contributed by atoms with Crippen LogP contribution >= 0.6 is 0 Å². The third-order valence-electron chi connectivity index (χ3n) is 1.58.